The van der Waals surface area contributed by atoms with Crippen LogP contribution in [0.5, 0.6) is 0 Å². The Hall–Kier alpha value is -2.00. The summed E-state index contributed by atoms with van der Waals surface area (Å²) in [5, 5.41) is 13.2. The predicted octanol–water partition coefficient (Wildman–Crippen LogP) is 1.51. The number of amides is 2. The van der Waals surface area contributed by atoms with E-state index in [0.29, 0.717) is 30.9 Å². The third-order valence-electron chi connectivity index (χ3n) is 5.37. The number of hydrogen-bond donors (Lipinski definition) is 3. The molecule has 164 valence electrons. The Bertz CT molecular complexity index is 828. The van der Waals surface area contributed by atoms with E-state index in [1.807, 2.05) is 35.2 Å². The molecule has 1 aliphatic heterocycles. The zero-order chi connectivity index (χ0) is 21.7. The molecule has 1 aromatic heterocycles. The molecule has 0 aliphatic carbocycles. The third-order valence-corrected chi connectivity index (χ3v) is 6.49. The molecule has 1 unspecified atom stereocenters. The van der Waals surface area contributed by atoms with E-state index >= 15 is 0 Å². The fourth-order valence-corrected chi connectivity index (χ4v) is 4.74. The minimum Gasteiger partial charge on any atom is -0.395 e. The number of hydrogen-bond acceptors (Lipinski definition) is 6. The van der Waals surface area contributed by atoms with Gasteiger partial charge in [0.1, 0.15) is 6.04 Å². The zero-order valence-corrected chi connectivity index (χ0v) is 18.5. The maximum absolute atomic E-state index is 13.2. The van der Waals surface area contributed by atoms with Crippen molar-refractivity contribution in [3.8, 4) is 0 Å². The second-order valence-corrected chi connectivity index (χ2v) is 9.46. The fraction of sp³-hybridized carbons (Fsp3) is 0.545. The summed E-state index contributed by atoms with van der Waals surface area (Å²) in [5.74, 6) is 0.0672. The van der Waals surface area contributed by atoms with Gasteiger partial charge in [0.2, 0.25) is 5.91 Å². The first kappa shape index (κ1) is 22.7. The summed E-state index contributed by atoms with van der Waals surface area (Å²) in [7, 11) is 0. The number of nitrogens with zero attached hydrogens (tertiary/aromatic N) is 2. The van der Waals surface area contributed by atoms with Crippen LogP contribution in [0, 0.1) is 5.92 Å². The zero-order valence-electron chi connectivity index (χ0n) is 17.7. The maximum Gasteiger partial charge on any atom is 0.262 e. The van der Waals surface area contributed by atoms with Crippen LogP contribution in [-0.2, 0) is 4.79 Å². The summed E-state index contributed by atoms with van der Waals surface area (Å²) in [6.07, 6.45) is 0.602. The van der Waals surface area contributed by atoms with Crippen LogP contribution in [0.1, 0.15) is 29.9 Å². The highest BCUT2D eigenvalue weighted by Gasteiger charge is 2.30. The van der Waals surface area contributed by atoms with E-state index in [9.17, 15) is 9.59 Å². The van der Waals surface area contributed by atoms with Gasteiger partial charge in [-0.1, -0.05) is 32.0 Å². The molecule has 0 radical (unpaired) electrons. The third kappa shape index (κ3) is 5.78. The van der Waals surface area contributed by atoms with Gasteiger partial charge >= 0.3 is 0 Å². The van der Waals surface area contributed by atoms with E-state index in [0.717, 1.165) is 23.2 Å². The minimum atomic E-state index is -0.533. The molecule has 7 nitrogen and oxygen atoms in total. The van der Waals surface area contributed by atoms with Crippen molar-refractivity contribution >= 4 is 33.2 Å². The number of aliphatic hydroxyl groups is 1. The Kier molecular flexibility index (Phi) is 7.82. The lowest BCUT2D eigenvalue weighted by atomic mass is 10.0. The molecule has 2 amide bonds. The van der Waals surface area contributed by atoms with Gasteiger partial charge in [0.05, 0.1) is 11.5 Å². The van der Waals surface area contributed by atoms with Gasteiger partial charge in [-0.05, 0) is 29.9 Å². The second-order valence-electron chi connectivity index (χ2n) is 8.37. The molecule has 30 heavy (non-hydrogen) atoms. The molecule has 1 aliphatic rings. The van der Waals surface area contributed by atoms with E-state index < -0.39 is 6.04 Å². The van der Waals surface area contributed by atoms with Crippen LogP contribution >= 0.6 is 11.3 Å². The van der Waals surface area contributed by atoms with Crippen molar-refractivity contribution in [2.45, 2.75) is 32.4 Å². The monoisotopic (exact) mass is 432 g/mol. The molecule has 0 saturated carbocycles. The topological polar surface area (TPSA) is 98.9 Å². The van der Waals surface area contributed by atoms with Gasteiger partial charge in [-0.25, -0.2) is 0 Å². The molecule has 0 bridgehead atoms. The van der Waals surface area contributed by atoms with E-state index in [2.05, 4.69) is 24.1 Å². The number of nitrogens with one attached hydrogen (secondary N) is 1. The minimum absolute atomic E-state index is 0.0238. The standard InChI is InChI=1S/C22H32N4O3S/c1-15(2)11-18(22(29)26-9-7-25(8-10-26)13-17(23)14-27)24-21(28)20-12-16-5-3-4-6-19(16)30-20/h3-6,12,15,17-18,27H,7-11,13-14,23H2,1-2H3,(H,24,28)/t17?,18-/m0/s1. The van der Waals surface area contributed by atoms with E-state index in [1.165, 1.54) is 11.3 Å². The molecule has 8 heteroatoms. The fourth-order valence-electron chi connectivity index (χ4n) is 3.78. The number of benzene rings is 1. The SMILES string of the molecule is CC(C)C[C@H](NC(=O)c1cc2ccccc2s1)C(=O)N1CCN(CC(N)CO)CC1. The summed E-state index contributed by atoms with van der Waals surface area (Å²) in [4.78, 5) is 30.7. The van der Waals surface area contributed by atoms with Crippen LogP contribution in [-0.4, -0.2) is 78.1 Å². The van der Waals surface area contributed by atoms with E-state index in [-0.39, 0.29) is 30.4 Å². The molecule has 2 aromatic rings. The maximum atomic E-state index is 13.2. The van der Waals surface area contributed by atoms with Crippen LogP contribution in [0.4, 0.5) is 0 Å². The molecule has 1 aromatic carbocycles. The molecule has 4 N–H and O–H groups in total. The summed E-state index contributed by atoms with van der Waals surface area (Å²) >= 11 is 1.45. The number of carbonyl (C=O) groups excluding carboxylic acids is 2. The lowest BCUT2D eigenvalue weighted by Gasteiger charge is -2.37. The number of aliphatic hydroxyl groups excluding tert-OH is 1. The molecule has 0 spiro atoms. The highest BCUT2D eigenvalue weighted by Crippen LogP contribution is 2.25. The second kappa shape index (κ2) is 10.3. The quantitative estimate of drug-likeness (QED) is 0.587. The van der Waals surface area contributed by atoms with Crippen LogP contribution in [0.3, 0.4) is 0 Å². The van der Waals surface area contributed by atoms with Crippen molar-refractivity contribution in [3.63, 3.8) is 0 Å². The van der Waals surface area contributed by atoms with Gasteiger partial charge in [-0.2, -0.15) is 0 Å². The highest BCUT2D eigenvalue weighted by atomic mass is 32.1. The van der Waals surface area contributed by atoms with Crippen LogP contribution < -0.4 is 11.1 Å². The Morgan fingerprint density at radius 1 is 1.20 bits per heavy atom. The summed E-state index contributed by atoms with van der Waals surface area (Å²) < 4.78 is 1.06. The molecular weight excluding hydrogens is 400 g/mol. The average Bonchev–Trinajstić information content (AvgIpc) is 3.17. The van der Waals surface area contributed by atoms with Gasteiger partial charge in [0.15, 0.2) is 0 Å². The van der Waals surface area contributed by atoms with Gasteiger partial charge in [0, 0.05) is 43.5 Å². The normalized spacial score (nSPS) is 17.3. The smallest absolute Gasteiger partial charge is 0.262 e. The summed E-state index contributed by atoms with van der Waals surface area (Å²) in [6.45, 7) is 7.33. The first-order valence-corrected chi connectivity index (χ1v) is 11.4. The van der Waals surface area contributed by atoms with Crippen molar-refractivity contribution in [1.29, 1.82) is 0 Å². The van der Waals surface area contributed by atoms with Gasteiger partial charge in [-0.15, -0.1) is 11.3 Å². The van der Waals surface area contributed by atoms with E-state index in [1.54, 1.807) is 0 Å². The first-order valence-electron chi connectivity index (χ1n) is 10.5. The molecule has 1 saturated heterocycles. The Morgan fingerprint density at radius 2 is 1.90 bits per heavy atom. The van der Waals surface area contributed by atoms with Crippen molar-refractivity contribution in [2.75, 3.05) is 39.3 Å². The van der Waals surface area contributed by atoms with Gasteiger partial charge in [-0.3, -0.25) is 14.5 Å². The van der Waals surface area contributed by atoms with Crippen molar-refractivity contribution in [1.82, 2.24) is 15.1 Å². The number of piperazine rings is 1. The largest absolute Gasteiger partial charge is 0.395 e. The predicted molar refractivity (Wildman–Crippen MR) is 121 cm³/mol. The summed E-state index contributed by atoms with van der Waals surface area (Å²) in [5.41, 5.74) is 5.82. The van der Waals surface area contributed by atoms with Crippen LogP contribution in [0.15, 0.2) is 30.3 Å². The number of carbonyl (C=O) groups is 2. The average molecular weight is 433 g/mol. The number of rotatable bonds is 8. The molecule has 3 rings (SSSR count). The Balaban J connectivity index is 1.63. The molecular formula is C22H32N4O3S. The number of fused-ring (bicyclic) bond motifs is 1. The van der Waals surface area contributed by atoms with Crippen molar-refractivity contribution in [3.05, 3.63) is 35.2 Å². The first-order chi connectivity index (χ1) is 14.4. The van der Waals surface area contributed by atoms with Gasteiger partial charge < -0.3 is 21.1 Å². The van der Waals surface area contributed by atoms with Crippen molar-refractivity contribution < 1.29 is 14.7 Å². The lowest BCUT2D eigenvalue weighted by Crippen LogP contribution is -2.56. The van der Waals surface area contributed by atoms with Crippen LogP contribution in [0.2, 0.25) is 0 Å². The number of thiophene rings is 1. The number of nitrogens with two attached hydrogens (primary N) is 1. The Morgan fingerprint density at radius 3 is 2.53 bits per heavy atom. The Labute approximate surface area is 181 Å². The summed E-state index contributed by atoms with van der Waals surface area (Å²) in [6, 6.07) is 8.98. The van der Waals surface area contributed by atoms with Crippen LogP contribution in [0.25, 0.3) is 10.1 Å². The molecule has 2 atom stereocenters. The molecule has 1 fully saturated rings. The van der Waals surface area contributed by atoms with E-state index in [4.69, 9.17) is 10.8 Å². The van der Waals surface area contributed by atoms with Crippen molar-refractivity contribution in [2.24, 2.45) is 11.7 Å². The lowest BCUT2D eigenvalue weighted by molar-refractivity contribution is -0.135. The highest BCUT2D eigenvalue weighted by molar-refractivity contribution is 7.20. The van der Waals surface area contributed by atoms with Gasteiger partial charge in [0.25, 0.3) is 5.91 Å². The molecule has 2 heterocycles.